The zero-order chi connectivity index (χ0) is 18.9. The van der Waals surface area contributed by atoms with Crippen molar-refractivity contribution < 1.29 is 14.3 Å². The Bertz CT molecular complexity index is 766. The molecule has 2 N–H and O–H groups in total. The number of carbonyl (C=O) groups is 1. The maximum atomic E-state index is 12.3. The van der Waals surface area contributed by atoms with E-state index in [1.807, 2.05) is 31.2 Å². The second kappa shape index (κ2) is 10.3. The van der Waals surface area contributed by atoms with Gasteiger partial charge in [-0.25, -0.2) is 0 Å². The van der Waals surface area contributed by atoms with E-state index < -0.39 is 0 Å². The van der Waals surface area contributed by atoms with E-state index in [1.165, 1.54) is 5.56 Å². The molecule has 0 spiro atoms. The van der Waals surface area contributed by atoms with E-state index in [0.717, 1.165) is 5.56 Å². The topological polar surface area (TPSA) is 59.6 Å². The van der Waals surface area contributed by atoms with Crippen molar-refractivity contribution in [2.24, 2.45) is 0 Å². The van der Waals surface area contributed by atoms with Gasteiger partial charge in [-0.2, -0.15) is 0 Å². The predicted octanol–water partition coefficient (Wildman–Crippen LogP) is 3.59. The third-order valence-corrected chi connectivity index (χ3v) is 4.41. The lowest BCUT2D eigenvalue weighted by Gasteiger charge is -2.11. The molecule has 0 fully saturated rings. The van der Waals surface area contributed by atoms with Crippen LogP contribution in [0.3, 0.4) is 0 Å². The second-order valence-corrected chi connectivity index (χ2v) is 6.87. The molecule has 5 nitrogen and oxygen atoms in total. The number of halogens is 1. The van der Waals surface area contributed by atoms with Gasteiger partial charge in [0, 0.05) is 19.2 Å². The smallest absolute Gasteiger partial charge is 0.257 e. The molecule has 0 unspecified atom stereocenters. The molecule has 0 heterocycles. The van der Waals surface area contributed by atoms with Gasteiger partial charge in [-0.3, -0.25) is 10.1 Å². The maximum Gasteiger partial charge on any atom is 0.257 e. The quantitative estimate of drug-likeness (QED) is 0.512. The van der Waals surface area contributed by atoms with E-state index in [0.29, 0.717) is 35.5 Å². The molecule has 0 bridgehead atoms. The first-order chi connectivity index (χ1) is 12.5. The number of nitrogens with one attached hydrogen (secondary N) is 2. The van der Waals surface area contributed by atoms with Crippen molar-refractivity contribution in [3.63, 3.8) is 0 Å². The summed E-state index contributed by atoms with van der Waals surface area (Å²) in [5.41, 5.74) is 2.77. The first kappa shape index (κ1) is 20.4. The van der Waals surface area contributed by atoms with Gasteiger partial charge in [-0.05, 0) is 58.8 Å². The summed E-state index contributed by atoms with van der Waals surface area (Å²) in [6.07, 6.45) is 0. The Morgan fingerprint density at radius 1 is 1.15 bits per heavy atom. The summed E-state index contributed by atoms with van der Waals surface area (Å²) in [5.74, 6) is 0.370. The van der Waals surface area contributed by atoms with Gasteiger partial charge in [-0.15, -0.1) is 0 Å². The monoisotopic (exact) mass is 436 g/mol. The zero-order valence-electron chi connectivity index (χ0n) is 14.7. The van der Waals surface area contributed by atoms with E-state index in [1.54, 1.807) is 25.3 Å². The van der Waals surface area contributed by atoms with Crippen LogP contribution >= 0.6 is 28.1 Å². The summed E-state index contributed by atoms with van der Waals surface area (Å²) in [5, 5.41) is 5.99. The van der Waals surface area contributed by atoms with Crippen LogP contribution in [-0.4, -0.2) is 31.3 Å². The fraction of sp³-hybridized carbons (Fsp3) is 0.263. The van der Waals surface area contributed by atoms with E-state index in [2.05, 4.69) is 26.6 Å². The highest BCUT2D eigenvalue weighted by Crippen LogP contribution is 2.26. The third kappa shape index (κ3) is 6.40. The van der Waals surface area contributed by atoms with Crippen molar-refractivity contribution in [2.75, 3.05) is 20.3 Å². The minimum Gasteiger partial charge on any atom is -0.490 e. The molecule has 0 radical (unpaired) electrons. The molecule has 2 rings (SSSR count). The van der Waals surface area contributed by atoms with Crippen molar-refractivity contribution in [1.82, 2.24) is 10.6 Å². The highest BCUT2D eigenvalue weighted by Gasteiger charge is 2.11. The molecule has 0 aliphatic heterocycles. The molecule has 0 aliphatic carbocycles. The van der Waals surface area contributed by atoms with E-state index in [4.69, 9.17) is 21.7 Å². The lowest BCUT2D eigenvalue weighted by atomic mass is 10.1. The Labute approximate surface area is 167 Å². The van der Waals surface area contributed by atoms with Gasteiger partial charge in [0.05, 0.1) is 11.1 Å². The lowest BCUT2D eigenvalue weighted by molar-refractivity contribution is 0.0976. The maximum absolute atomic E-state index is 12.3. The summed E-state index contributed by atoms with van der Waals surface area (Å²) in [4.78, 5) is 12.3. The fourth-order valence-corrected chi connectivity index (χ4v) is 2.76. The summed E-state index contributed by atoms with van der Waals surface area (Å²) >= 11 is 8.60. The number of hydrogen-bond donors (Lipinski definition) is 2. The number of rotatable bonds is 7. The Morgan fingerprint density at radius 2 is 1.88 bits per heavy atom. The zero-order valence-corrected chi connectivity index (χ0v) is 17.1. The van der Waals surface area contributed by atoms with Crippen LogP contribution in [0.25, 0.3) is 0 Å². The Hall–Kier alpha value is -1.96. The summed E-state index contributed by atoms with van der Waals surface area (Å²) in [7, 11) is 1.61. The highest BCUT2D eigenvalue weighted by atomic mass is 79.9. The van der Waals surface area contributed by atoms with Gasteiger partial charge in [-0.1, -0.05) is 29.8 Å². The van der Waals surface area contributed by atoms with Crippen LogP contribution in [0.5, 0.6) is 5.75 Å². The molecular weight excluding hydrogens is 416 g/mol. The molecule has 0 atom stereocenters. The van der Waals surface area contributed by atoms with Crippen LogP contribution in [0.4, 0.5) is 0 Å². The van der Waals surface area contributed by atoms with Crippen molar-refractivity contribution >= 4 is 39.2 Å². The average molecular weight is 437 g/mol. The van der Waals surface area contributed by atoms with Crippen LogP contribution < -0.4 is 15.4 Å². The number of thiocarbonyl (C=S) groups is 1. The van der Waals surface area contributed by atoms with Crippen LogP contribution in [0.15, 0.2) is 46.9 Å². The second-order valence-electron chi connectivity index (χ2n) is 5.61. The third-order valence-electron chi connectivity index (χ3n) is 3.54. The molecule has 1 amide bonds. The van der Waals surface area contributed by atoms with Crippen LogP contribution in [0.1, 0.15) is 21.5 Å². The fourth-order valence-electron chi connectivity index (χ4n) is 2.10. The van der Waals surface area contributed by atoms with Gasteiger partial charge in [0.1, 0.15) is 12.4 Å². The van der Waals surface area contributed by atoms with Gasteiger partial charge >= 0.3 is 0 Å². The highest BCUT2D eigenvalue weighted by molar-refractivity contribution is 9.10. The largest absolute Gasteiger partial charge is 0.490 e. The minimum absolute atomic E-state index is 0.282. The molecule has 0 saturated carbocycles. The SMILES string of the molecule is COCCOc1ccc(C(=O)NC(=S)NCc2ccc(C)cc2)cc1Br. The molecule has 0 aromatic heterocycles. The Morgan fingerprint density at radius 3 is 2.54 bits per heavy atom. The minimum atomic E-state index is -0.282. The average Bonchev–Trinajstić information content (AvgIpc) is 2.62. The molecule has 138 valence electrons. The Balaban J connectivity index is 1.87. The lowest BCUT2D eigenvalue weighted by Crippen LogP contribution is -2.38. The number of hydrogen-bond acceptors (Lipinski definition) is 4. The van der Waals surface area contributed by atoms with E-state index in [9.17, 15) is 4.79 Å². The molecule has 0 saturated heterocycles. The summed E-state index contributed by atoms with van der Waals surface area (Å²) in [6.45, 7) is 3.52. The summed E-state index contributed by atoms with van der Waals surface area (Å²) in [6, 6.07) is 13.2. The van der Waals surface area contributed by atoms with Crippen molar-refractivity contribution in [2.45, 2.75) is 13.5 Å². The standard InChI is InChI=1S/C19H21BrN2O3S/c1-13-3-5-14(6-4-13)12-21-19(26)22-18(23)15-7-8-17(16(20)11-15)25-10-9-24-2/h3-8,11H,9-10,12H2,1-2H3,(H2,21,22,23,26). The molecule has 2 aromatic carbocycles. The molecule has 0 aliphatic rings. The molecule has 2 aromatic rings. The number of benzene rings is 2. The molecule has 7 heteroatoms. The first-order valence-corrected chi connectivity index (χ1v) is 9.25. The number of amides is 1. The summed E-state index contributed by atoms with van der Waals surface area (Å²) < 4.78 is 11.2. The van der Waals surface area contributed by atoms with Crippen LogP contribution in [0.2, 0.25) is 0 Å². The normalized spacial score (nSPS) is 10.3. The number of aryl methyl sites for hydroxylation is 1. The molecular formula is C19H21BrN2O3S. The number of methoxy groups -OCH3 is 1. The van der Waals surface area contributed by atoms with Crippen molar-refractivity contribution in [3.05, 3.63) is 63.6 Å². The molecule has 26 heavy (non-hydrogen) atoms. The van der Waals surface area contributed by atoms with Crippen LogP contribution in [0, 0.1) is 6.92 Å². The van der Waals surface area contributed by atoms with Gasteiger partial charge in [0.25, 0.3) is 5.91 Å². The number of ether oxygens (including phenoxy) is 2. The van der Waals surface area contributed by atoms with Crippen LogP contribution in [-0.2, 0) is 11.3 Å². The van der Waals surface area contributed by atoms with Gasteiger partial charge < -0.3 is 14.8 Å². The Kier molecular flexibility index (Phi) is 8.03. The van der Waals surface area contributed by atoms with Gasteiger partial charge in [0.15, 0.2) is 5.11 Å². The van der Waals surface area contributed by atoms with E-state index >= 15 is 0 Å². The van der Waals surface area contributed by atoms with Gasteiger partial charge in [0.2, 0.25) is 0 Å². The first-order valence-electron chi connectivity index (χ1n) is 8.05. The van der Waals surface area contributed by atoms with Crippen molar-refractivity contribution in [1.29, 1.82) is 0 Å². The van der Waals surface area contributed by atoms with Crippen molar-refractivity contribution in [3.8, 4) is 5.75 Å². The number of carbonyl (C=O) groups excluding carboxylic acids is 1. The van der Waals surface area contributed by atoms with E-state index in [-0.39, 0.29) is 11.0 Å². The predicted molar refractivity (Wildman–Crippen MR) is 110 cm³/mol.